The van der Waals surface area contributed by atoms with E-state index in [4.69, 9.17) is 5.11 Å². The van der Waals surface area contributed by atoms with Crippen molar-refractivity contribution in [1.82, 2.24) is 4.90 Å². The van der Waals surface area contributed by atoms with Gasteiger partial charge in [-0.05, 0) is 0 Å². The summed E-state index contributed by atoms with van der Waals surface area (Å²) in [7, 11) is 0. The molecule has 0 aromatic heterocycles. The second-order valence-corrected chi connectivity index (χ2v) is 7.19. The maximum atomic E-state index is 13.6. The smallest absolute Gasteiger partial charge is 0.460 e. The highest BCUT2D eigenvalue weighted by Gasteiger charge is 2.82. The SMILES string of the molecule is O=C(O)CCN(CCC(F)(F)C(F)(F)C(F)(F)C(F)(F)F)CCC(F)(F)C(F)(F)C(F)(F)C(F)(F)F. The van der Waals surface area contributed by atoms with Crippen LogP contribution in [0.1, 0.15) is 19.3 Å². The number of carbonyl (C=O) groups is 1. The first-order chi connectivity index (χ1) is 15.5. The molecule has 0 spiro atoms. The van der Waals surface area contributed by atoms with Gasteiger partial charge in [-0.2, -0.15) is 79.0 Å². The van der Waals surface area contributed by atoms with Crippen LogP contribution in [0, 0.1) is 0 Å². The van der Waals surface area contributed by atoms with Crippen molar-refractivity contribution in [2.24, 2.45) is 0 Å². The van der Waals surface area contributed by atoms with Crippen LogP contribution in [0.3, 0.4) is 0 Å². The summed E-state index contributed by atoms with van der Waals surface area (Å²) < 4.78 is 231. The molecule has 0 amide bonds. The van der Waals surface area contributed by atoms with Crippen molar-refractivity contribution < 1.29 is 88.9 Å². The van der Waals surface area contributed by atoms with Crippen molar-refractivity contribution in [1.29, 1.82) is 0 Å². The molecule has 0 atom stereocenters. The predicted molar refractivity (Wildman–Crippen MR) is 79.7 cm³/mol. The monoisotopic (exact) mass is 581 g/mol. The van der Waals surface area contributed by atoms with Gasteiger partial charge in [0.05, 0.1) is 6.42 Å². The number of hydrogen-bond acceptors (Lipinski definition) is 2. The number of nitrogens with zero attached hydrogens (tertiary/aromatic N) is 1. The zero-order valence-corrected chi connectivity index (χ0v) is 16.8. The molecule has 3 nitrogen and oxygen atoms in total. The standard InChI is InChI=1S/C15H13F18NO2/c16-8(17,10(20,21)12(24,25)14(28,29)30)2-5-34(4-1-7(35)36)6-3-9(18,19)11(22,23)13(26,27)15(31,32)33/h1-6H2,(H,35,36). The zero-order valence-electron chi connectivity index (χ0n) is 16.8. The number of halogens is 18. The quantitative estimate of drug-likeness (QED) is 0.254. The van der Waals surface area contributed by atoms with E-state index in [1.54, 1.807) is 0 Å². The summed E-state index contributed by atoms with van der Waals surface area (Å²) in [5, 5.41) is 8.46. The van der Waals surface area contributed by atoms with Crippen LogP contribution in [0.2, 0.25) is 0 Å². The van der Waals surface area contributed by atoms with Crippen molar-refractivity contribution >= 4 is 5.97 Å². The zero-order chi connectivity index (χ0) is 29.4. The Balaban J connectivity index is 5.82. The molecule has 0 bridgehead atoms. The van der Waals surface area contributed by atoms with Gasteiger partial charge in [0.25, 0.3) is 0 Å². The molecule has 0 aromatic carbocycles. The fourth-order valence-electron chi connectivity index (χ4n) is 2.32. The van der Waals surface area contributed by atoms with Gasteiger partial charge in [0.1, 0.15) is 0 Å². The Morgan fingerprint density at radius 1 is 0.500 bits per heavy atom. The van der Waals surface area contributed by atoms with Crippen LogP contribution in [0.15, 0.2) is 0 Å². The van der Waals surface area contributed by atoms with E-state index in [0.717, 1.165) is 0 Å². The average Bonchev–Trinajstić information content (AvgIpc) is 2.64. The Bertz CT molecular complexity index is 703. The highest BCUT2D eigenvalue weighted by atomic mass is 19.4. The topological polar surface area (TPSA) is 40.5 Å². The number of aliphatic carboxylic acids is 1. The number of rotatable bonds is 13. The minimum Gasteiger partial charge on any atom is -0.481 e. The summed E-state index contributed by atoms with van der Waals surface area (Å²) in [5.41, 5.74) is 0. The lowest BCUT2D eigenvalue weighted by molar-refractivity contribution is -0.397. The van der Waals surface area contributed by atoms with Gasteiger partial charge in [0, 0.05) is 32.5 Å². The van der Waals surface area contributed by atoms with E-state index in [9.17, 15) is 83.8 Å². The third kappa shape index (κ3) is 6.53. The summed E-state index contributed by atoms with van der Waals surface area (Å²) in [6.45, 7) is -5.33. The summed E-state index contributed by atoms with van der Waals surface area (Å²) in [6.07, 6.45) is -21.3. The van der Waals surface area contributed by atoms with Gasteiger partial charge in [-0.3, -0.25) is 4.79 Å². The van der Waals surface area contributed by atoms with Crippen LogP contribution in [-0.4, -0.2) is 83.5 Å². The molecule has 0 rings (SSSR count). The van der Waals surface area contributed by atoms with Crippen molar-refractivity contribution in [3.8, 4) is 0 Å². The van der Waals surface area contributed by atoms with Gasteiger partial charge < -0.3 is 10.0 Å². The van der Waals surface area contributed by atoms with Gasteiger partial charge in [0.2, 0.25) is 0 Å². The second-order valence-electron chi connectivity index (χ2n) is 7.19. The van der Waals surface area contributed by atoms with Crippen LogP contribution >= 0.6 is 0 Å². The molecule has 0 aliphatic heterocycles. The van der Waals surface area contributed by atoms with Crippen LogP contribution in [-0.2, 0) is 4.79 Å². The van der Waals surface area contributed by atoms with E-state index in [2.05, 4.69) is 0 Å². The van der Waals surface area contributed by atoms with Gasteiger partial charge in [-0.15, -0.1) is 0 Å². The van der Waals surface area contributed by atoms with Gasteiger partial charge in [0.15, 0.2) is 0 Å². The van der Waals surface area contributed by atoms with E-state index in [-0.39, 0.29) is 4.90 Å². The Morgan fingerprint density at radius 3 is 1.00 bits per heavy atom. The van der Waals surface area contributed by atoms with E-state index in [1.165, 1.54) is 0 Å². The summed E-state index contributed by atoms with van der Waals surface area (Å²) in [6, 6.07) is 0. The maximum absolute atomic E-state index is 13.6. The number of carboxylic acids is 1. The third-order valence-corrected chi connectivity index (χ3v) is 4.55. The van der Waals surface area contributed by atoms with Gasteiger partial charge in [-0.1, -0.05) is 0 Å². The first-order valence-electron chi connectivity index (χ1n) is 8.84. The fourth-order valence-corrected chi connectivity index (χ4v) is 2.32. The molecular weight excluding hydrogens is 568 g/mol. The molecule has 0 saturated carbocycles. The highest BCUT2D eigenvalue weighted by Crippen LogP contribution is 2.55. The molecule has 0 heterocycles. The lowest BCUT2D eigenvalue weighted by Crippen LogP contribution is -2.61. The number of hydrogen-bond donors (Lipinski definition) is 1. The predicted octanol–water partition coefficient (Wildman–Crippen LogP) is 6.48. The van der Waals surface area contributed by atoms with Crippen LogP contribution in [0.5, 0.6) is 0 Å². The highest BCUT2D eigenvalue weighted by molar-refractivity contribution is 5.66. The Labute approximate surface area is 188 Å². The molecule has 36 heavy (non-hydrogen) atoms. The molecule has 0 aliphatic rings. The molecule has 0 aromatic rings. The van der Waals surface area contributed by atoms with Crippen molar-refractivity contribution in [3.05, 3.63) is 0 Å². The molecule has 1 N–H and O–H groups in total. The molecule has 0 aliphatic carbocycles. The van der Waals surface area contributed by atoms with Crippen molar-refractivity contribution in [3.63, 3.8) is 0 Å². The van der Waals surface area contributed by atoms with Crippen molar-refractivity contribution in [2.45, 2.75) is 67.2 Å². The Hall–Kier alpha value is -1.83. The fraction of sp³-hybridized carbons (Fsp3) is 0.933. The molecule has 0 unspecified atom stereocenters. The third-order valence-electron chi connectivity index (χ3n) is 4.55. The Morgan fingerprint density at radius 2 is 0.778 bits per heavy atom. The summed E-state index contributed by atoms with van der Waals surface area (Å²) in [4.78, 5) is 10.2. The van der Waals surface area contributed by atoms with Crippen LogP contribution in [0.25, 0.3) is 0 Å². The maximum Gasteiger partial charge on any atom is 0.460 e. The van der Waals surface area contributed by atoms with Crippen molar-refractivity contribution in [2.75, 3.05) is 19.6 Å². The number of alkyl halides is 18. The first-order valence-corrected chi connectivity index (χ1v) is 8.84. The van der Waals surface area contributed by atoms with E-state index < -0.39 is 92.8 Å². The molecule has 216 valence electrons. The largest absolute Gasteiger partial charge is 0.481 e. The molecule has 0 radical (unpaired) electrons. The minimum absolute atomic E-state index is 0.250. The average molecular weight is 581 g/mol. The van der Waals surface area contributed by atoms with E-state index in [0.29, 0.717) is 0 Å². The van der Waals surface area contributed by atoms with E-state index >= 15 is 0 Å². The Kier molecular flexibility index (Phi) is 9.63. The second kappa shape index (κ2) is 10.1. The molecular formula is C15H13F18NO2. The van der Waals surface area contributed by atoms with Crippen LogP contribution in [0.4, 0.5) is 79.0 Å². The first kappa shape index (κ1) is 34.2. The normalized spacial score (nSPS) is 15.5. The van der Waals surface area contributed by atoms with Gasteiger partial charge >= 0.3 is 53.9 Å². The molecule has 21 heteroatoms. The molecule has 0 fully saturated rings. The lowest BCUT2D eigenvalue weighted by atomic mass is 9.99. The van der Waals surface area contributed by atoms with Gasteiger partial charge in [-0.25, -0.2) is 0 Å². The van der Waals surface area contributed by atoms with Crippen LogP contribution < -0.4 is 0 Å². The molecule has 0 saturated heterocycles. The summed E-state index contributed by atoms with van der Waals surface area (Å²) >= 11 is 0. The summed E-state index contributed by atoms with van der Waals surface area (Å²) in [5.74, 6) is -43.6. The number of carboxylic acid groups (broad SMARTS) is 1. The minimum atomic E-state index is -7.35. The lowest BCUT2D eigenvalue weighted by Gasteiger charge is -2.36. The van der Waals surface area contributed by atoms with E-state index in [1.807, 2.05) is 0 Å².